The molecule has 1 N–H and O–H groups in total. The molecule has 0 spiro atoms. The van der Waals surface area contributed by atoms with Crippen LogP contribution >= 0.6 is 11.6 Å². The van der Waals surface area contributed by atoms with E-state index in [2.05, 4.69) is 20.0 Å². The molecule has 1 aliphatic rings. The molecule has 7 nitrogen and oxygen atoms in total. The number of hydrogen-bond acceptors (Lipinski definition) is 7. The number of rotatable bonds is 3. The van der Waals surface area contributed by atoms with Crippen LogP contribution in [0.25, 0.3) is 22.4 Å². The molecule has 4 rings (SSSR count). The van der Waals surface area contributed by atoms with Crippen LogP contribution in [0.3, 0.4) is 0 Å². The van der Waals surface area contributed by atoms with Crippen molar-refractivity contribution in [3.8, 4) is 11.4 Å². The van der Waals surface area contributed by atoms with Gasteiger partial charge in [-0.05, 0) is 26.0 Å². The minimum absolute atomic E-state index is 0.0726. The second-order valence-electron chi connectivity index (χ2n) is 6.52. The van der Waals surface area contributed by atoms with E-state index >= 15 is 0 Å². The van der Waals surface area contributed by atoms with Gasteiger partial charge in [-0.3, -0.25) is 0 Å². The van der Waals surface area contributed by atoms with E-state index < -0.39 is 0 Å². The van der Waals surface area contributed by atoms with Crippen LogP contribution in [0.2, 0.25) is 5.02 Å². The summed E-state index contributed by atoms with van der Waals surface area (Å²) in [5.74, 6) is 0. The summed E-state index contributed by atoms with van der Waals surface area (Å²) in [6.45, 7) is 5.29. The third-order valence-electron chi connectivity index (χ3n) is 4.49. The number of ether oxygens (including phenoxy) is 1. The molecular formula is C18H19ClN4O3. The standard InChI is InChI=1S/C18H19ClN4O3/c1-10-6-23(7-11(2)25-10)17-12(8-24)5-13-16(14-3-4-20-9-21-14)22-26-18(13)15(17)19/h3-5,9-11,24H,6-8H2,1-2H3/t10-,11+. The van der Waals surface area contributed by atoms with Crippen molar-refractivity contribution in [1.29, 1.82) is 0 Å². The van der Waals surface area contributed by atoms with Crippen LogP contribution in [0.4, 0.5) is 5.69 Å². The maximum atomic E-state index is 9.97. The maximum absolute atomic E-state index is 9.97. The van der Waals surface area contributed by atoms with Gasteiger partial charge in [-0.2, -0.15) is 0 Å². The van der Waals surface area contributed by atoms with Crippen molar-refractivity contribution in [2.24, 2.45) is 0 Å². The van der Waals surface area contributed by atoms with Gasteiger partial charge in [0, 0.05) is 24.8 Å². The Balaban J connectivity index is 1.86. The van der Waals surface area contributed by atoms with Crippen molar-refractivity contribution in [3.63, 3.8) is 0 Å². The zero-order valence-corrected chi connectivity index (χ0v) is 15.3. The van der Waals surface area contributed by atoms with Crippen LogP contribution in [0.1, 0.15) is 19.4 Å². The van der Waals surface area contributed by atoms with E-state index in [0.717, 1.165) is 16.6 Å². The lowest BCUT2D eigenvalue weighted by Gasteiger charge is -2.38. The van der Waals surface area contributed by atoms with E-state index in [1.165, 1.54) is 6.33 Å². The summed E-state index contributed by atoms with van der Waals surface area (Å²) in [7, 11) is 0. The zero-order valence-electron chi connectivity index (χ0n) is 14.5. The first-order valence-electron chi connectivity index (χ1n) is 8.47. The van der Waals surface area contributed by atoms with Crippen LogP contribution in [-0.2, 0) is 11.3 Å². The molecule has 0 amide bonds. The summed E-state index contributed by atoms with van der Waals surface area (Å²) in [5, 5.41) is 15.3. The molecule has 1 saturated heterocycles. The fourth-order valence-corrected chi connectivity index (χ4v) is 3.90. The molecule has 0 radical (unpaired) electrons. The van der Waals surface area contributed by atoms with Gasteiger partial charge < -0.3 is 19.3 Å². The lowest BCUT2D eigenvalue weighted by Crippen LogP contribution is -2.46. The van der Waals surface area contributed by atoms with Crippen LogP contribution < -0.4 is 4.90 Å². The Labute approximate surface area is 155 Å². The third kappa shape index (κ3) is 2.92. The largest absolute Gasteiger partial charge is 0.392 e. The van der Waals surface area contributed by atoms with Gasteiger partial charge in [0.2, 0.25) is 0 Å². The lowest BCUT2D eigenvalue weighted by molar-refractivity contribution is -0.00531. The number of nitrogens with zero attached hydrogens (tertiary/aromatic N) is 4. The quantitative estimate of drug-likeness (QED) is 0.754. The molecule has 8 heteroatoms. The van der Waals surface area contributed by atoms with E-state index in [0.29, 0.717) is 35.1 Å². The number of anilines is 1. The average Bonchev–Trinajstić information content (AvgIpc) is 3.05. The summed E-state index contributed by atoms with van der Waals surface area (Å²) in [5.41, 5.74) is 3.20. The lowest BCUT2D eigenvalue weighted by atomic mass is 10.0. The van der Waals surface area contributed by atoms with Crippen molar-refractivity contribution in [1.82, 2.24) is 15.1 Å². The minimum Gasteiger partial charge on any atom is -0.392 e. The summed E-state index contributed by atoms with van der Waals surface area (Å²) in [6, 6.07) is 3.62. The predicted octanol–water partition coefficient (Wildman–Crippen LogP) is 3.04. The van der Waals surface area contributed by atoms with Gasteiger partial charge in [0.15, 0.2) is 5.58 Å². The van der Waals surface area contributed by atoms with Crippen LogP contribution in [0, 0.1) is 0 Å². The third-order valence-corrected chi connectivity index (χ3v) is 4.84. The van der Waals surface area contributed by atoms with Crippen molar-refractivity contribution >= 4 is 28.3 Å². The molecule has 1 aromatic carbocycles. The number of aliphatic hydroxyl groups excluding tert-OH is 1. The second kappa shape index (κ2) is 6.83. The Kier molecular flexibility index (Phi) is 4.52. The molecule has 0 unspecified atom stereocenters. The number of benzene rings is 1. The smallest absolute Gasteiger partial charge is 0.188 e. The molecule has 1 fully saturated rings. The number of aromatic nitrogens is 3. The Morgan fingerprint density at radius 2 is 2.08 bits per heavy atom. The van der Waals surface area contributed by atoms with E-state index in [-0.39, 0.29) is 18.8 Å². The Bertz CT molecular complexity index is 921. The summed E-state index contributed by atoms with van der Waals surface area (Å²) in [4.78, 5) is 10.3. The first-order chi connectivity index (χ1) is 12.6. The van der Waals surface area contributed by atoms with Crippen molar-refractivity contribution in [2.45, 2.75) is 32.7 Å². The van der Waals surface area contributed by atoms with E-state index in [9.17, 15) is 5.11 Å². The second-order valence-corrected chi connectivity index (χ2v) is 6.90. The molecule has 1 aliphatic heterocycles. The highest BCUT2D eigenvalue weighted by atomic mass is 35.5. The summed E-state index contributed by atoms with van der Waals surface area (Å²) in [6.07, 6.45) is 3.24. The highest BCUT2D eigenvalue weighted by molar-refractivity contribution is 6.38. The van der Waals surface area contributed by atoms with Gasteiger partial charge in [-0.25, -0.2) is 9.97 Å². The first kappa shape index (κ1) is 17.2. The van der Waals surface area contributed by atoms with Crippen LogP contribution in [0.5, 0.6) is 0 Å². The fourth-order valence-electron chi connectivity index (χ4n) is 3.52. The van der Waals surface area contributed by atoms with Crippen LogP contribution in [0.15, 0.2) is 29.2 Å². The molecule has 2 aromatic heterocycles. The van der Waals surface area contributed by atoms with Gasteiger partial charge in [-0.15, -0.1) is 0 Å². The van der Waals surface area contributed by atoms with Crippen molar-refractivity contribution in [3.05, 3.63) is 35.2 Å². The molecule has 2 atom stereocenters. The predicted molar refractivity (Wildman–Crippen MR) is 98.2 cm³/mol. The monoisotopic (exact) mass is 374 g/mol. The number of aliphatic hydroxyl groups is 1. The van der Waals surface area contributed by atoms with Gasteiger partial charge in [0.05, 0.1) is 35.6 Å². The minimum atomic E-state index is -0.139. The van der Waals surface area contributed by atoms with Crippen LogP contribution in [-0.4, -0.2) is 45.5 Å². The normalized spacial score (nSPS) is 20.7. The van der Waals surface area contributed by atoms with Crippen molar-refractivity contribution < 1.29 is 14.4 Å². The Morgan fingerprint density at radius 3 is 2.73 bits per heavy atom. The molecule has 3 heterocycles. The average molecular weight is 375 g/mol. The molecule has 26 heavy (non-hydrogen) atoms. The molecule has 3 aromatic rings. The number of hydrogen-bond donors (Lipinski definition) is 1. The zero-order chi connectivity index (χ0) is 18.3. The molecule has 0 aliphatic carbocycles. The number of halogens is 1. The van der Waals surface area contributed by atoms with Gasteiger partial charge >= 0.3 is 0 Å². The Morgan fingerprint density at radius 1 is 1.31 bits per heavy atom. The number of fused-ring (bicyclic) bond motifs is 1. The molecule has 0 saturated carbocycles. The number of morpholine rings is 1. The summed E-state index contributed by atoms with van der Waals surface area (Å²) >= 11 is 6.69. The van der Waals surface area contributed by atoms with Gasteiger partial charge in [-0.1, -0.05) is 16.8 Å². The molecule has 0 bridgehead atoms. The van der Waals surface area contributed by atoms with Gasteiger partial charge in [0.25, 0.3) is 0 Å². The molecular weight excluding hydrogens is 356 g/mol. The fraction of sp³-hybridized carbons (Fsp3) is 0.389. The van der Waals surface area contributed by atoms with E-state index in [4.69, 9.17) is 20.9 Å². The molecule has 136 valence electrons. The van der Waals surface area contributed by atoms with E-state index in [1.807, 2.05) is 19.9 Å². The highest BCUT2D eigenvalue weighted by Gasteiger charge is 2.28. The first-order valence-corrected chi connectivity index (χ1v) is 8.84. The Hall–Kier alpha value is -2.22. The van der Waals surface area contributed by atoms with Crippen molar-refractivity contribution in [2.75, 3.05) is 18.0 Å². The van der Waals surface area contributed by atoms with E-state index in [1.54, 1.807) is 12.3 Å². The highest BCUT2D eigenvalue weighted by Crippen LogP contribution is 2.41. The SMILES string of the molecule is C[C@@H]1CN(c2c(CO)cc3c(-c4ccncn4)noc3c2Cl)C[C@H](C)O1. The van der Waals surface area contributed by atoms with Gasteiger partial charge in [0.1, 0.15) is 17.0 Å². The topological polar surface area (TPSA) is 84.5 Å². The summed E-state index contributed by atoms with van der Waals surface area (Å²) < 4.78 is 11.3. The maximum Gasteiger partial charge on any atom is 0.188 e.